The van der Waals surface area contributed by atoms with E-state index in [1.807, 2.05) is 39.0 Å². The van der Waals surface area contributed by atoms with Crippen LogP contribution in [-0.2, 0) is 17.6 Å². The lowest BCUT2D eigenvalue weighted by molar-refractivity contribution is -0.112. The third kappa shape index (κ3) is 4.33. The number of halogens is 1. The van der Waals surface area contributed by atoms with Crippen LogP contribution >= 0.6 is 22.9 Å². The predicted molar refractivity (Wildman–Crippen MR) is 133 cm³/mol. The van der Waals surface area contributed by atoms with Crippen LogP contribution in [0.4, 0.5) is 5.69 Å². The molecule has 0 bridgehead atoms. The second-order valence-corrected chi connectivity index (χ2v) is 9.77. The van der Waals surface area contributed by atoms with E-state index >= 15 is 0 Å². The number of hydrogen-bond donors (Lipinski definition) is 1. The first-order valence-electron chi connectivity index (χ1n) is 10.8. The molecular weight excluding hydrogens is 452 g/mol. The highest BCUT2D eigenvalue weighted by molar-refractivity contribution is 7.15. The largest absolute Gasteiger partial charge is 0.321 e. The number of aromatic nitrogens is 1. The number of thiophene rings is 1. The fourth-order valence-electron chi connectivity index (χ4n) is 4.29. The van der Waals surface area contributed by atoms with E-state index in [1.54, 1.807) is 29.5 Å². The molecule has 0 spiro atoms. The van der Waals surface area contributed by atoms with Crippen LogP contribution in [0.15, 0.2) is 29.8 Å². The first kappa shape index (κ1) is 22.9. The standard InChI is InChI=1S/C26H23ClN4OS/c1-15-8-9-20(27)12-23(15)30-25(32)19(13-28)11-18-10-16(2)31(17(18)3)26-22(14-29)21-6-4-5-7-24(21)33-26/h8-12H,4-7H2,1-3H3,(H,30,32). The number of amides is 1. The molecule has 0 saturated heterocycles. The summed E-state index contributed by atoms with van der Waals surface area (Å²) in [6.07, 6.45) is 5.84. The van der Waals surface area contributed by atoms with Crippen LogP contribution in [0.3, 0.4) is 0 Å². The van der Waals surface area contributed by atoms with Crippen LogP contribution in [0.5, 0.6) is 0 Å². The summed E-state index contributed by atoms with van der Waals surface area (Å²) >= 11 is 7.73. The van der Waals surface area contributed by atoms with Crippen molar-refractivity contribution in [2.24, 2.45) is 0 Å². The highest BCUT2D eigenvalue weighted by Gasteiger charge is 2.24. The summed E-state index contributed by atoms with van der Waals surface area (Å²) in [6, 6.07) is 11.6. The molecule has 4 rings (SSSR count). The first-order valence-corrected chi connectivity index (χ1v) is 12.0. The summed E-state index contributed by atoms with van der Waals surface area (Å²) in [6.45, 7) is 5.79. The maximum absolute atomic E-state index is 12.8. The van der Waals surface area contributed by atoms with Gasteiger partial charge in [-0.3, -0.25) is 4.79 Å². The van der Waals surface area contributed by atoms with Crippen molar-refractivity contribution in [2.75, 3.05) is 5.32 Å². The Labute approximate surface area is 202 Å². The summed E-state index contributed by atoms with van der Waals surface area (Å²) in [7, 11) is 0. The zero-order valence-corrected chi connectivity index (χ0v) is 20.3. The second kappa shape index (κ2) is 9.27. The minimum absolute atomic E-state index is 0.000561. The Morgan fingerprint density at radius 2 is 1.94 bits per heavy atom. The number of fused-ring (bicyclic) bond motifs is 1. The number of anilines is 1. The fraction of sp³-hybridized carbons (Fsp3) is 0.269. The molecular formula is C26H23ClN4OS. The van der Waals surface area contributed by atoms with Crippen LogP contribution in [0.1, 0.15) is 51.4 Å². The van der Waals surface area contributed by atoms with Crippen molar-refractivity contribution in [3.05, 3.63) is 73.4 Å². The smallest absolute Gasteiger partial charge is 0.266 e. The van der Waals surface area contributed by atoms with Gasteiger partial charge in [-0.2, -0.15) is 10.5 Å². The molecule has 166 valence electrons. The van der Waals surface area contributed by atoms with Crippen molar-refractivity contribution in [2.45, 2.75) is 46.5 Å². The van der Waals surface area contributed by atoms with Gasteiger partial charge in [0.05, 0.1) is 5.56 Å². The minimum Gasteiger partial charge on any atom is -0.321 e. The van der Waals surface area contributed by atoms with Crippen molar-refractivity contribution >= 4 is 40.6 Å². The number of nitrogens with one attached hydrogen (secondary N) is 1. The van der Waals surface area contributed by atoms with Gasteiger partial charge in [-0.1, -0.05) is 17.7 Å². The highest BCUT2D eigenvalue weighted by Crippen LogP contribution is 2.38. The normalized spacial score (nSPS) is 13.2. The number of hydrogen-bond acceptors (Lipinski definition) is 4. The molecule has 0 aliphatic heterocycles. The number of carbonyl (C=O) groups is 1. The van der Waals surface area contributed by atoms with Gasteiger partial charge in [0.2, 0.25) is 0 Å². The molecule has 7 heteroatoms. The molecule has 1 aliphatic carbocycles. The van der Waals surface area contributed by atoms with E-state index in [0.717, 1.165) is 58.8 Å². The van der Waals surface area contributed by atoms with Gasteiger partial charge in [0.1, 0.15) is 22.7 Å². The Bertz CT molecular complexity index is 1380. The monoisotopic (exact) mass is 474 g/mol. The molecule has 2 aromatic heterocycles. The Kier molecular flexibility index (Phi) is 6.42. The Hall–Kier alpha value is -3.32. The van der Waals surface area contributed by atoms with Crippen molar-refractivity contribution in [1.29, 1.82) is 10.5 Å². The third-order valence-electron chi connectivity index (χ3n) is 6.05. The van der Waals surface area contributed by atoms with Gasteiger partial charge in [-0.25, -0.2) is 0 Å². The molecule has 1 N–H and O–H groups in total. The van der Waals surface area contributed by atoms with Gasteiger partial charge in [-0.05, 0) is 87.4 Å². The molecule has 1 aliphatic rings. The molecule has 1 amide bonds. The van der Waals surface area contributed by atoms with Gasteiger partial charge in [0.15, 0.2) is 0 Å². The molecule has 33 heavy (non-hydrogen) atoms. The van der Waals surface area contributed by atoms with E-state index in [0.29, 0.717) is 10.7 Å². The summed E-state index contributed by atoms with van der Waals surface area (Å²) in [5, 5.41) is 23.8. The van der Waals surface area contributed by atoms with Crippen LogP contribution in [0.25, 0.3) is 11.1 Å². The van der Waals surface area contributed by atoms with Crippen molar-refractivity contribution in [1.82, 2.24) is 4.57 Å². The molecule has 5 nitrogen and oxygen atoms in total. The van der Waals surface area contributed by atoms with Crippen molar-refractivity contribution < 1.29 is 4.79 Å². The summed E-state index contributed by atoms with van der Waals surface area (Å²) in [5.74, 6) is -0.489. The topological polar surface area (TPSA) is 81.6 Å². The molecule has 0 fully saturated rings. The quantitative estimate of drug-likeness (QED) is 0.350. The molecule has 0 radical (unpaired) electrons. The molecule has 0 atom stereocenters. The van der Waals surface area contributed by atoms with Gasteiger partial charge in [0, 0.05) is 27.0 Å². The van der Waals surface area contributed by atoms with E-state index < -0.39 is 5.91 Å². The Morgan fingerprint density at radius 1 is 1.18 bits per heavy atom. The SMILES string of the molecule is Cc1ccc(Cl)cc1NC(=O)C(C#N)=Cc1cc(C)n(-c2sc3c(c2C#N)CCCC3)c1C. The molecule has 0 saturated carbocycles. The summed E-state index contributed by atoms with van der Waals surface area (Å²) < 4.78 is 2.07. The molecule has 2 heterocycles. The zero-order valence-electron chi connectivity index (χ0n) is 18.8. The van der Waals surface area contributed by atoms with Crippen LogP contribution < -0.4 is 5.32 Å². The number of benzene rings is 1. The highest BCUT2D eigenvalue weighted by atomic mass is 35.5. The number of nitriles is 2. The average Bonchev–Trinajstić information content (AvgIpc) is 3.29. The van der Waals surface area contributed by atoms with Crippen molar-refractivity contribution in [3.8, 4) is 17.1 Å². The van der Waals surface area contributed by atoms with E-state index in [9.17, 15) is 15.3 Å². The minimum atomic E-state index is -0.489. The maximum Gasteiger partial charge on any atom is 0.266 e. The lowest BCUT2D eigenvalue weighted by Crippen LogP contribution is -2.14. The van der Waals surface area contributed by atoms with E-state index in [2.05, 4.69) is 16.0 Å². The molecule has 3 aromatic rings. The number of carbonyl (C=O) groups excluding carboxylic acids is 1. The van der Waals surface area contributed by atoms with Gasteiger partial charge in [0.25, 0.3) is 5.91 Å². The third-order valence-corrected chi connectivity index (χ3v) is 7.56. The predicted octanol–water partition coefficient (Wildman–Crippen LogP) is 6.41. The number of nitrogens with zero attached hydrogens (tertiary/aromatic N) is 3. The number of rotatable bonds is 4. The van der Waals surface area contributed by atoms with Gasteiger partial charge in [-0.15, -0.1) is 11.3 Å². The number of aryl methyl sites for hydroxylation is 3. The fourth-order valence-corrected chi connectivity index (χ4v) is 5.92. The Balaban J connectivity index is 1.71. The van der Waals surface area contributed by atoms with Crippen LogP contribution in [-0.4, -0.2) is 10.5 Å². The zero-order chi connectivity index (χ0) is 23.7. The van der Waals surface area contributed by atoms with Crippen LogP contribution in [0.2, 0.25) is 5.02 Å². The average molecular weight is 475 g/mol. The Morgan fingerprint density at radius 3 is 2.67 bits per heavy atom. The summed E-state index contributed by atoms with van der Waals surface area (Å²) in [5.41, 5.74) is 5.98. The van der Waals surface area contributed by atoms with E-state index in [4.69, 9.17) is 11.6 Å². The first-order chi connectivity index (χ1) is 15.8. The van der Waals surface area contributed by atoms with E-state index in [-0.39, 0.29) is 5.57 Å². The maximum atomic E-state index is 12.8. The van der Waals surface area contributed by atoms with Crippen molar-refractivity contribution in [3.63, 3.8) is 0 Å². The second-order valence-electron chi connectivity index (χ2n) is 8.25. The lowest BCUT2D eigenvalue weighted by atomic mass is 9.96. The summed E-state index contributed by atoms with van der Waals surface area (Å²) in [4.78, 5) is 14.1. The molecule has 0 unspecified atom stereocenters. The molecule has 1 aromatic carbocycles. The lowest BCUT2D eigenvalue weighted by Gasteiger charge is -2.10. The van der Waals surface area contributed by atoms with E-state index in [1.165, 1.54) is 10.4 Å². The van der Waals surface area contributed by atoms with Gasteiger partial charge < -0.3 is 9.88 Å². The van der Waals surface area contributed by atoms with Crippen LogP contribution in [0, 0.1) is 43.4 Å². The van der Waals surface area contributed by atoms with Gasteiger partial charge >= 0.3 is 0 Å².